The van der Waals surface area contributed by atoms with Gasteiger partial charge in [-0.25, -0.2) is 17.6 Å². The highest BCUT2D eigenvalue weighted by Gasteiger charge is 2.52. The number of aliphatic carboxylic acids is 3. The van der Waals surface area contributed by atoms with Gasteiger partial charge in [0.2, 0.25) is 0 Å². The van der Waals surface area contributed by atoms with Crippen LogP contribution in [-0.4, -0.2) is 105 Å². The zero-order chi connectivity index (χ0) is 83.5. The smallest absolute Gasteiger partial charge is 0.309 e. The number of aryl methyl sites for hydroxylation is 5. The molecular weight excluding hydrogens is 1500 g/mol. The van der Waals surface area contributed by atoms with E-state index in [4.69, 9.17) is 4.74 Å². The number of carbonyl (C=O) groups excluding carboxylic acids is 1. The van der Waals surface area contributed by atoms with Crippen LogP contribution in [0.3, 0.4) is 0 Å². The number of nitrogens with one attached hydrogen (secondary N) is 4. The van der Waals surface area contributed by atoms with Crippen LogP contribution in [0.2, 0.25) is 0 Å². The Labute approximate surface area is 677 Å². The van der Waals surface area contributed by atoms with Crippen molar-refractivity contribution in [3.63, 3.8) is 0 Å². The minimum atomic E-state index is -0.823. The molecule has 0 aliphatic heterocycles. The molecule has 8 aromatic carbocycles. The minimum absolute atomic E-state index is 0.00410. The lowest BCUT2D eigenvalue weighted by Gasteiger charge is -2.18. The molecule has 19 rings (SSSR count). The first kappa shape index (κ1) is 79.2. The molecule has 24 heteroatoms. The van der Waals surface area contributed by atoms with Crippen LogP contribution in [0.1, 0.15) is 197 Å². The quantitative estimate of drug-likeness (QED) is 0.0294. The predicted molar refractivity (Wildman–Crippen MR) is 452 cm³/mol. The standard InChI is InChI=1S/C25H26FN3O2.C24H24FN3O2.C23H22FN3O2.C22H22FN3O2/c1-5-31-25(30)18-10-17(18)23-19-11-21-15(12-27-28-21)9-22(19)29(24(23)13(2)3)16-6-7-20(26)14(4)8-16;1-13(2)22-18(11-24(6-7-24)23(29)30)17-10-20-15(12-26-27-20)9-21(17)28(22)16-4-5-19(25)14(3)8-16;1-11(2)22-21(15-8-16(15)23(28)29)17-9-19-13(10-25-26-19)7-20(17)27(22)14-4-5-18(24)12(3)6-14;1-12(2)22-16(5-7-21(27)28)17-10-19-14(11-24-25-19)9-20(17)26(22)15-4-6-18(23)13(3)8-15/h6-9,11-13,17-18H,5,10H2,1-4H3,(H,27,28);4-5,8-10,12-13H,6-7,11H2,1-3H3,(H,26,27)(H,29,30);4-7,9-11,15-16H,8H2,1-3H3,(H,25,26)(H,28,29);4,6,8-12H,5,7H2,1-3H3,(H,24,25)(H,27,28). The van der Waals surface area contributed by atoms with E-state index in [1.54, 1.807) is 64.5 Å². The minimum Gasteiger partial charge on any atom is -0.481 e. The van der Waals surface area contributed by atoms with Crippen LogP contribution in [0.25, 0.3) is 110 Å². The molecule has 3 saturated carbocycles. The number of hydrogen-bond donors (Lipinski definition) is 7. The molecule has 8 aromatic heterocycles. The monoisotopic (exact) mass is 1590 g/mol. The number of H-pyrrole nitrogens is 4. The number of rotatable bonds is 19. The van der Waals surface area contributed by atoms with Gasteiger partial charge in [-0.2, -0.15) is 20.4 Å². The lowest BCUT2D eigenvalue weighted by atomic mass is 9.91. The van der Waals surface area contributed by atoms with Crippen LogP contribution in [0, 0.1) is 68.2 Å². The van der Waals surface area contributed by atoms with Gasteiger partial charge in [0, 0.05) is 107 Å². The molecule has 118 heavy (non-hydrogen) atoms. The van der Waals surface area contributed by atoms with Gasteiger partial charge < -0.3 is 38.3 Å². The number of carboxylic acid groups (broad SMARTS) is 3. The van der Waals surface area contributed by atoms with Crippen LogP contribution < -0.4 is 0 Å². The van der Waals surface area contributed by atoms with Gasteiger partial charge in [0.15, 0.2) is 0 Å². The molecule has 0 radical (unpaired) electrons. The number of carbonyl (C=O) groups is 4. The second-order valence-electron chi connectivity index (χ2n) is 33.5. The van der Waals surface area contributed by atoms with Gasteiger partial charge in [-0.3, -0.25) is 39.6 Å². The van der Waals surface area contributed by atoms with Crippen molar-refractivity contribution in [1.29, 1.82) is 0 Å². The zero-order valence-electron chi connectivity index (χ0n) is 68.1. The third-order valence-corrected chi connectivity index (χ3v) is 24.0. The summed E-state index contributed by atoms with van der Waals surface area (Å²) >= 11 is 0. The van der Waals surface area contributed by atoms with Crippen LogP contribution in [0.5, 0.6) is 0 Å². The molecule has 4 atom stereocenters. The number of hydrogen-bond acceptors (Lipinski definition) is 9. The Kier molecular flexibility index (Phi) is 20.7. The van der Waals surface area contributed by atoms with Crippen LogP contribution in [0.15, 0.2) is 146 Å². The maximum Gasteiger partial charge on any atom is 0.309 e. The van der Waals surface area contributed by atoms with Crippen molar-refractivity contribution in [3.8, 4) is 22.7 Å². The second kappa shape index (κ2) is 30.8. The summed E-state index contributed by atoms with van der Waals surface area (Å²) < 4.78 is 69.9. The molecule has 3 aliphatic carbocycles. The molecule has 16 aromatic rings. The van der Waals surface area contributed by atoms with Gasteiger partial charge in [-0.15, -0.1) is 0 Å². The normalized spacial score (nSPS) is 16.1. The topological polar surface area (TPSA) is 273 Å². The van der Waals surface area contributed by atoms with Crippen LogP contribution in [-0.2, 0) is 36.8 Å². The van der Waals surface area contributed by atoms with Crippen molar-refractivity contribution < 1.29 is 56.8 Å². The summed E-state index contributed by atoms with van der Waals surface area (Å²) in [5.74, 6) is -2.95. The summed E-state index contributed by atoms with van der Waals surface area (Å²) in [6.07, 6.45) is 11.0. The van der Waals surface area contributed by atoms with Crippen molar-refractivity contribution in [2.75, 3.05) is 6.61 Å². The number of aromatic amines is 4. The fourth-order valence-electron chi connectivity index (χ4n) is 17.9. The van der Waals surface area contributed by atoms with E-state index in [1.165, 1.54) is 35.5 Å². The molecule has 3 aliphatic rings. The van der Waals surface area contributed by atoms with Gasteiger partial charge in [0.1, 0.15) is 23.3 Å². The first-order chi connectivity index (χ1) is 56.4. The number of nitrogens with zero attached hydrogens (tertiary/aromatic N) is 8. The molecule has 0 bridgehead atoms. The van der Waals surface area contributed by atoms with Crippen molar-refractivity contribution >= 4 is 111 Å². The number of ether oxygens (including phenoxy) is 1. The van der Waals surface area contributed by atoms with Crippen molar-refractivity contribution in [1.82, 2.24) is 59.1 Å². The Balaban J connectivity index is 0.000000118. The molecular formula is C94H94F4N12O8. The molecule has 606 valence electrons. The Morgan fingerprint density at radius 1 is 0.449 bits per heavy atom. The van der Waals surface area contributed by atoms with E-state index in [2.05, 4.69) is 157 Å². The number of carboxylic acids is 3. The molecule has 20 nitrogen and oxygen atoms in total. The van der Waals surface area contributed by atoms with E-state index in [9.17, 15) is 52.1 Å². The van der Waals surface area contributed by atoms with Gasteiger partial charge in [0.05, 0.1) is 92.8 Å². The number of fused-ring (bicyclic) bond motifs is 8. The lowest BCUT2D eigenvalue weighted by Crippen LogP contribution is -2.18. The van der Waals surface area contributed by atoms with E-state index in [0.717, 1.165) is 150 Å². The molecule has 4 unspecified atom stereocenters. The second-order valence-corrected chi connectivity index (χ2v) is 33.5. The molecule has 0 spiro atoms. The summed E-state index contributed by atoms with van der Waals surface area (Å²) in [7, 11) is 0. The van der Waals surface area contributed by atoms with Gasteiger partial charge >= 0.3 is 23.9 Å². The van der Waals surface area contributed by atoms with Gasteiger partial charge in [-0.1, -0.05) is 55.4 Å². The van der Waals surface area contributed by atoms with Crippen LogP contribution >= 0.6 is 0 Å². The zero-order valence-corrected chi connectivity index (χ0v) is 68.1. The van der Waals surface area contributed by atoms with Gasteiger partial charge in [0.25, 0.3) is 0 Å². The summed E-state index contributed by atoms with van der Waals surface area (Å²) in [5, 5.41) is 65.5. The molecule has 8 heterocycles. The fourth-order valence-corrected chi connectivity index (χ4v) is 17.9. The van der Waals surface area contributed by atoms with E-state index in [1.807, 2.05) is 49.5 Å². The number of esters is 1. The Bertz CT molecular complexity index is 6710. The molecule has 3 fully saturated rings. The first-order valence-electron chi connectivity index (χ1n) is 40.4. The third-order valence-electron chi connectivity index (χ3n) is 24.0. The van der Waals surface area contributed by atoms with E-state index in [-0.39, 0.29) is 83.0 Å². The average molecular weight is 1600 g/mol. The SMILES string of the molecule is CCOC(=O)C1CC1c1c(C(C)C)n(-c2ccc(F)c(C)c2)c2cc3cn[nH]c3cc12.Cc1cc(-n2c(C(C)C)c(C3CC3C(=O)O)c3cc4[nH]ncc4cc32)ccc1F.Cc1cc(-n2c(C(C)C)c(CC3(C(=O)O)CC3)c3cc4[nH]ncc4cc32)ccc1F.Cc1cc(-n2c(C(C)C)c(CCC(=O)O)c3cc4[nH]ncc4cc32)ccc1F. The average Bonchev–Trinajstić information content (AvgIpc) is 1.55. The van der Waals surface area contributed by atoms with E-state index < -0.39 is 23.3 Å². The summed E-state index contributed by atoms with van der Waals surface area (Å²) in [6, 6.07) is 37.3. The largest absolute Gasteiger partial charge is 0.481 e. The Morgan fingerprint density at radius 3 is 1.08 bits per heavy atom. The molecule has 0 amide bonds. The lowest BCUT2D eigenvalue weighted by molar-refractivity contribution is -0.145. The van der Waals surface area contributed by atoms with Gasteiger partial charge in [-0.05, 0) is 263 Å². The fraction of sp³-hybridized carbons (Fsp3) is 0.319. The Hall–Kier alpha value is -12.6. The van der Waals surface area contributed by atoms with Crippen molar-refractivity contribution in [2.24, 2.45) is 17.3 Å². The highest BCUT2D eigenvalue weighted by Crippen LogP contribution is 2.57. The number of aromatic nitrogens is 12. The highest BCUT2D eigenvalue weighted by molar-refractivity contribution is 6.03. The van der Waals surface area contributed by atoms with Crippen molar-refractivity contribution in [2.45, 2.75) is 170 Å². The number of benzene rings is 8. The van der Waals surface area contributed by atoms with Crippen molar-refractivity contribution in [3.05, 3.63) is 237 Å². The summed E-state index contributed by atoms with van der Waals surface area (Å²) in [5.41, 5.74) is 21.8. The predicted octanol–water partition coefficient (Wildman–Crippen LogP) is 21.6. The molecule has 7 N–H and O–H groups in total. The first-order valence-corrected chi connectivity index (χ1v) is 40.4. The third kappa shape index (κ3) is 14.3. The van der Waals surface area contributed by atoms with Crippen LogP contribution in [0.4, 0.5) is 17.6 Å². The summed E-state index contributed by atoms with van der Waals surface area (Å²) in [4.78, 5) is 47.3. The highest BCUT2D eigenvalue weighted by atomic mass is 19.1. The van der Waals surface area contributed by atoms with E-state index in [0.29, 0.717) is 61.0 Å². The Morgan fingerprint density at radius 2 is 0.771 bits per heavy atom. The molecule has 0 saturated heterocycles. The summed E-state index contributed by atoms with van der Waals surface area (Å²) in [6.45, 7) is 26.3. The number of halogens is 4. The maximum absolute atomic E-state index is 14.0. The van der Waals surface area contributed by atoms with E-state index >= 15 is 0 Å². The maximum atomic E-state index is 14.0.